The fourth-order valence-electron chi connectivity index (χ4n) is 1.66. The van der Waals surface area contributed by atoms with Gasteiger partial charge >= 0.3 is 4.87 Å². The van der Waals surface area contributed by atoms with Gasteiger partial charge in [-0.15, -0.1) is 0 Å². The molecule has 7 heteroatoms. The minimum atomic E-state index is -0.934. The van der Waals surface area contributed by atoms with Crippen molar-refractivity contribution in [3.05, 3.63) is 44.3 Å². The van der Waals surface area contributed by atoms with Crippen molar-refractivity contribution in [1.82, 2.24) is 9.99 Å². The number of aromatic nitrogens is 1. The van der Waals surface area contributed by atoms with Gasteiger partial charge in [0, 0.05) is 4.70 Å². The van der Waals surface area contributed by atoms with Gasteiger partial charge in [0.25, 0.3) is 11.5 Å². The van der Waals surface area contributed by atoms with Gasteiger partial charge in [-0.25, -0.2) is 5.84 Å². The summed E-state index contributed by atoms with van der Waals surface area (Å²) in [5.41, 5.74) is 1.45. The first-order chi connectivity index (χ1) is 8.56. The van der Waals surface area contributed by atoms with Crippen molar-refractivity contribution in [2.75, 3.05) is 0 Å². The Labute approximate surface area is 106 Å². The lowest BCUT2D eigenvalue weighted by atomic mass is 10.2. The van der Waals surface area contributed by atoms with E-state index in [2.05, 4.69) is 0 Å². The summed E-state index contributed by atoms with van der Waals surface area (Å²) in [5.74, 6) is 4.42. The van der Waals surface area contributed by atoms with E-state index < -0.39 is 22.4 Å². The summed E-state index contributed by atoms with van der Waals surface area (Å²) in [6, 6.07) is 5.84. The van der Waals surface area contributed by atoms with Gasteiger partial charge < -0.3 is 0 Å². The molecule has 0 spiro atoms. The van der Waals surface area contributed by atoms with Gasteiger partial charge in [0.05, 0.1) is 5.39 Å². The lowest BCUT2D eigenvalue weighted by molar-refractivity contribution is -0.124. The van der Waals surface area contributed by atoms with Crippen LogP contribution < -0.4 is 21.7 Å². The Bertz CT molecular complexity index is 719. The number of nitrogens with zero attached hydrogens (tertiary/aromatic N) is 1. The van der Waals surface area contributed by atoms with E-state index in [9.17, 15) is 14.4 Å². The van der Waals surface area contributed by atoms with E-state index in [1.54, 1.807) is 24.3 Å². The van der Waals surface area contributed by atoms with Gasteiger partial charge in [-0.2, -0.15) is 0 Å². The predicted octanol–water partition coefficient (Wildman–Crippen LogP) is -0.0259. The molecule has 6 nitrogen and oxygen atoms in total. The first-order valence-corrected chi connectivity index (χ1v) is 6.02. The van der Waals surface area contributed by atoms with Crippen molar-refractivity contribution < 1.29 is 4.79 Å². The minimum Gasteiger partial charge on any atom is -0.292 e. The third-order valence-corrected chi connectivity index (χ3v) is 3.59. The highest BCUT2D eigenvalue weighted by Gasteiger charge is 2.19. The van der Waals surface area contributed by atoms with Crippen LogP contribution in [0.4, 0.5) is 0 Å². The lowest BCUT2D eigenvalue weighted by Gasteiger charge is -2.12. The molecule has 0 saturated heterocycles. The molecule has 0 saturated carbocycles. The molecule has 1 aromatic carbocycles. The largest absolute Gasteiger partial charge is 0.311 e. The van der Waals surface area contributed by atoms with Crippen LogP contribution in [0.15, 0.2) is 33.9 Å². The lowest BCUT2D eigenvalue weighted by Crippen LogP contribution is -2.43. The molecule has 2 rings (SSSR count). The quantitative estimate of drug-likeness (QED) is 0.453. The molecule has 1 heterocycles. The number of nitrogens with one attached hydrogen (secondary N) is 1. The molecule has 1 unspecified atom stereocenters. The summed E-state index contributed by atoms with van der Waals surface area (Å²) in [6.45, 7) is 1.45. The molecule has 0 bridgehead atoms. The van der Waals surface area contributed by atoms with Crippen LogP contribution in [-0.4, -0.2) is 10.5 Å². The van der Waals surface area contributed by atoms with E-state index >= 15 is 0 Å². The monoisotopic (exact) mass is 265 g/mol. The zero-order chi connectivity index (χ0) is 13.3. The molecule has 1 aromatic heterocycles. The molecule has 1 amide bonds. The number of fused-ring (bicyclic) bond motifs is 1. The molecule has 0 aliphatic carbocycles. The maximum absolute atomic E-state index is 12.2. The highest BCUT2D eigenvalue weighted by Crippen LogP contribution is 2.12. The normalized spacial score (nSPS) is 12.3. The zero-order valence-corrected chi connectivity index (χ0v) is 10.4. The van der Waals surface area contributed by atoms with Crippen molar-refractivity contribution >= 4 is 27.3 Å². The van der Waals surface area contributed by atoms with Crippen LogP contribution in [0.3, 0.4) is 0 Å². The molecule has 2 aromatic rings. The second-order valence-electron chi connectivity index (χ2n) is 3.72. The SMILES string of the molecule is CC(C(=O)NN)n1c(=O)sc2ccccc2c1=O. The molecular formula is C11H11N3O3S. The van der Waals surface area contributed by atoms with E-state index in [1.165, 1.54) is 6.92 Å². The van der Waals surface area contributed by atoms with E-state index in [0.29, 0.717) is 10.1 Å². The summed E-state index contributed by atoms with van der Waals surface area (Å²) in [7, 11) is 0. The van der Waals surface area contributed by atoms with Crippen LogP contribution in [-0.2, 0) is 4.79 Å². The maximum Gasteiger partial charge on any atom is 0.311 e. The van der Waals surface area contributed by atoms with Crippen LogP contribution in [0.25, 0.3) is 10.1 Å². The molecule has 0 aliphatic heterocycles. The summed E-state index contributed by atoms with van der Waals surface area (Å²) < 4.78 is 1.51. The second kappa shape index (κ2) is 4.71. The minimum absolute atomic E-state index is 0.416. The van der Waals surface area contributed by atoms with Crippen LogP contribution in [0.1, 0.15) is 13.0 Å². The third-order valence-electron chi connectivity index (χ3n) is 2.64. The summed E-state index contributed by atoms with van der Waals surface area (Å²) >= 11 is 0.925. The Balaban J connectivity index is 2.76. The van der Waals surface area contributed by atoms with Crippen molar-refractivity contribution in [1.29, 1.82) is 0 Å². The van der Waals surface area contributed by atoms with Gasteiger partial charge in [0.1, 0.15) is 6.04 Å². The summed E-state index contributed by atoms with van der Waals surface area (Å²) in [6.07, 6.45) is 0. The summed E-state index contributed by atoms with van der Waals surface area (Å²) in [4.78, 5) is 35.0. The van der Waals surface area contributed by atoms with Crippen LogP contribution in [0.5, 0.6) is 0 Å². The third kappa shape index (κ3) is 1.93. The van der Waals surface area contributed by atoms with E-state index in [1.807, 2.05) is 5.43 Å². The van der Waals surface area contributed by atoms with E-state index in [4.69, 9.17) is 5.84 Å². The average molecular weight is 265 g/mol. The molecule has 1 atom stereocenters. The maximum atomic E-state index is 12.2. The zero-order valence-electron chi connectivity index (χ0n) is 9.54. The van der Waals surface area contributed by atoms with Gasteiger partial charge in [0.2, 0.25) is 0 Å². The highest BCUT2D eigenvalue weighted by molar-refractivity contribution is 7.16. The van der Waals surface area contributed by atoms with Gasteiger partial charge in [-0.05, 0) is 19.1 Å². The van der Waals surface area contributed by atoms with Gasteiger partial charge in [0.15, 0.2) is 0 Å². The molecule has 3 N–H and O–H groups in total. The molecule has 0 radical (unpaired) electrons. The van der Waals surface area contributed by atoms with Crippen LogP contribution >= 0.6 is 11.3 Å². The number of benzene rings is 1. The van der Waals surface area contributed by atoms with Crippen LogP contribution in [0.2, 0.25) is 0 Å². The number of hydrazine groups is 1. The Morgan fingerprint density at radius 3 is 2.72 bits per heavy atom. The van der Waals surface area contributed by atoms with Crippen molar-refractivity contribution in [3.8, 4) is 0 Å². The Kier molecular flexibility index (Phi) is 3.26. The Morgan fingerprint density at radius 1 is 1.39 bits per heavy atom. The van der Waals surface area contributed by atoms with Crippen molar-refractivity contribution in [2.45, 2.75) is 13.0 Å². The van der Waals surface area contributed by atoms with Gasteiger partial charge in [-0.3, -0.25) is 24.4 Å². The fourth-order valence-corrected chi connectivity index (χ4v) is 2.60. The number of carbonyl (C=O) groups is 1. The van der Waals surface area contributed by atoms with E-state index in [0.717, 1.165) is 15.9 Å². The Morgan fingerprint density at radius 2 is 2.06 bits per heavy atom. The first-order valence-electron chi connectivity index (χ1n) is 5.21. The van der Waals surface area contributed by atoms with Gasteiger partial charge in [-0.1, -0.05) is 23.5 Å². The number of hydrogen-bond donors (Lipinski definition) is 2. The predicted molar refractivity (Wildman–Crippen MR) is 69.4 cm³/mol. The fraction of sp³-hybridized carbons (Fsp3) is 0.182. The molecule has 0 aliphatic rings. The van der Waals surface area contributed by atoms with Crippen LogP contribution in [0, 0.1) is 0 Å². The van der Waals surface area contributed by atoms with E-state index in [-0.39, 0.29) is 0 Å². The number of amides is 1. The Hall–Kier alpha value is -1.99. The first kappa shape index (κ1) is 12.5. The van der Waals surface area contributed by atoms with Crippen molar-refractivity contribution in [3.63, 3.8) is 0 Å². The smallest absolute Gasteiger partial charge is 0.292 e. The summed E-state index contributed by atoms with van der Waals surface area (Å²) in [5, 5.41) is 0.416. The number of hydrogen-bond acceptors (Lipinski definition) is 5. The number of rotatable bonds is 2. The topological polar surface area (TPSA) is 94.2 Å². The standard InChI is InChI=1S/C11H11N3O3S/c1-6(9(15)13-12)14-10(16)7-4-2-3-5-8(7)18-11(14)17/h2-6H,12H2,1H3,(H,13,15). The molecular weight excluding hydrogens is 254 g/mol. The average Bonchev–Trinajstić information content (AvgIpc) is 2.37. The van der Waals surface area contributed by atoms with Crippen molar-refractivity contribution in [2.24, 2.45) is 5.84 Å². The number of nitrogens with two attached hydrogens (primary N) is 1. The second-order valence-corrected chi connectivity index (χ2v) is 4.72. The molecule has 18 heavy (non-hydrogen) atoms. The molecule has 0 fully saturated rings. The molecule has 94 valence electrons. The highest BCUT2D eigenvalue weighted by atomic mass is 32.1. The number of carbonyl (C=O) groups excluding carboxylic acids is 1.